The van der Waals surface area contributed by atoms with E-state index in [0.29, 0.717) is 23.4 Å². The van der Waals surface area contributed by atoms with Crippen molar-refractivity contribution >= 4 is 18.1 Å². The van der Waals surface area contributed by atoms with Crippen LogP contribution in [0, 0.1) is 6.92 Å². The molecule has 0 saturated carbocycles. The number of carbonyl (C=O) groups excluding carboxylic acids is 2. The van der Waals surface area contributed by atoms with Crippen LogP contribution in [0.4, 0.5) is 5.69 Å². The molecule has 0 aliphatic rings. The Morgan fingerprint density at radius 1 is 1.11 bits per heavy atom. The molecule has 0 heterocycles. The fraction of sp³-hybridized carbons (Fsp3) is 0.0667. The molecule has 0 radical (unpaired) electrons. The van der Waals surface area contributed by atoms with Gasteiger partial charge in [-0.1, -0.05) is 29.8 Å². The fourth-order valence-corrected chi connectivity index (χ4v) is 1.62. The number of anilines is 1. The fourth-order valence-electron chi connectivity index (χ4n) is 1.62. The summed E-state index contributed by atoms with van der Waals surface area (Å²) in [6.45, 7) is 1.95. The highest BCUT2D eigenvalue weighted by Gasteiger charge is 2.12. The number of nitrogens with one attached hydrogen (secondary N) is 1. The number of esters is 1. The topological polar surface area (TPSA) is 55.4 Å². The van der Waals surface area contributed by atoms with Gasteiger partial charge in [-0.05, 0) is 31.2 Å². The Morgan fingerprint density at radius 2 is 1.79 bits per heavy atom. The molecule has 0 aromatic heterocycles. The zero-order valence-electron chi connectivity index (χ0n) is 10.4. The smallest absolute Gasteiger partial charge is 0.345 e. The first-order valence-electron chi connectivity index (χ1n) is 5.79. The molecule has 19 heavy (non-hydrogen) atoms. The van der Waals surface area contributed by atoms with Gasteiger partial charge in [-0.2, -0.15) is 0 Å². The number of para-hydroxylation sites is 1. The van der Waals surface area contributed by atoms with Crippen molar-refractivity contribution in [2.45, 2.75) is 6.92 Å². The summed E-state index contributed by atoms with van der Waals surface area (Å²) in [5.74, 6) is -0.0368. The van der Waals surface area contributed by atoms with Crippen LogP contribution >= 0.6 is 0 Å². The van der Waals surface area contributed by atoms with Gasteiger partial charge in [0.25, 0.3) is 0 Å². The third kappa shape index (κ3) is 3.19. The van der Waals surface area contributed by atoms with Crippen molar-refractivity contribution in [3.8, 4) is 5.75 Å². The Bertz CT molecular complexity index is 591. The van der Waals surface area contributed by atoms with Gasteiger partial charge in [-0.25, -0.2) is 4.79 Å². The van der Waals surface area contributed by atoms with Crippen molar-refractivity contribution in [1.29, 1.82) is 0 Å². The second kappa shape index (κ2) is 5.82. The minimum absolute atomic E-state index is 0.315. The lowest BCUT2D eigenvalue weighted by Gasteiger charge is -2.08. The van der Waals surface area contributed by atoms with Crippen LogP contribution in [0.2, 0.25) is 0 Å². The molecular weight excluding hydrogens is 242 g/mol. The molecule has 0 bridgehead atoms. The molecule has 2 aromatic carbocycles. The molecule has 1 N–H and O–H groups in total. The first-order valence-corrected chi connectivity index (χ1v) is 5.79. The summed E-state index contributed by atoms with van der Waals surface area (Å²) < 4.78 is 5.25. The van der Waals surface area contributed by atoms with Gasteiger partial charge in [-0.3, -0.25) is 4.79 Å². The highest BCUT2D eigenvalue weighted by atomic mass is 16.5. The lowest BCUT2D eigenvalue weighted by Crippen LogP contribution is -2.11. The van der Waals surface area contributed by atoms with Crippen LogP contribution in [0.25, 0.3) is 0 Å². The van der Waals surface area contributed by atoms with Gasteiger partial charge in [0.1, 0.15) is 5.75 Å². The van der Waals surface area contributed by atoms with Gasteiger partial charge in [0.15, 0.2) is 0 Å². The third-order valence-electron chi connectivity index (χ3n) is 2.59. The molecule has 0 fully saturated rings. The van der Waals surface area contributed by atoms with E-state index in [1.165, 1.54) is 0 Å². The van der Waals surface area contributed by atoms with Gasteiger partial charge in [0.2, 0.25) is 6.41 Å². The summed E-state index contributed by atoms with van der Waals surface area (Å²) >= 11 is 0. The SMILES string of the molecule is Cc1ccc(OC(=O)c2ccccc2NC=O)cc1. The van der Waals surface area contributed by atoms with Crippen LogP contribution in [0.15, 0.2) is 48.5 Å². The van der Waals surface area contributed by atoms with E-state index < -0.39 is 5.97 Å². The van der Waals surface area contributed by atoms with E-state index in [2.05, 4.69) is 5.32 Å². The predicted molar refractivity (Wildman–Crippen MR) is 72.3 cm³/mol. The Hall–Kier alpha value is -2.62. The third-order valence-corrected chi connectivity index (χ3v) is 2.59. The molecule has 0 spiro atoms. The molecule has 2 aromatic rings. The molecule has 0 unspecified atom stereocenters. The van der Waals surface area contributed by atoms with E-state index in [1.54, 1.807) is 36.4 Å². The summed E-state index contributed by atoms with van der Waals surface area (Å²) in [6, 6.07) is 13.8. The molecule has 96 valence electrons. The minimum Gasteiger partial charge on any atom is -0.423 e. The molecule has 0 aliphatic carbocycles. The van der Waals surface area contributed by atoms with Crippen LogP contribution in [-0.4, -0.2) is 12.4 Å². The maximum Gasteiger partial charge on any atom is 0.345 e. The van der Waals surface area contributed by atoms with Crippen molar-refractivity contribution in [1.82, 2.24) is 0 Å². The first-order chi connectivity index (χ1) is 9.20. The second-order valence-electron chi connectivity index (χ2n) is 4.01. The number of hydrogen-bond donors (Lipinski definition) is 1. The van der Waals surface area contributed by atoms with Crippen LogP contribution in [0.1, 0.15) is 15.9 Å². The number of aryl methyl sites for hydroxylation is 1. The van der Waals surface area contributed by atoms with E-state index in [1.807, 2.05) is 19.1 Å². The minimum atomic E-state index is -0.506. The van der Waals surface area contributed by atoms with Gasteiger partial charge in [0, 0.05) is 0 Å². The average molecular weight is 255 g/mol. The average Bonchev–Trinajstić information content (AvgIpc) is 2.42. The Kier molecular flexibility index (Phi) is 3.93. The Morgan fingerprint density at radius 3 is 2.47 bits per heavy atom. The summed E-state index contributed by atoms with van der Waals surface area (Å²) in [5, 5.41) is 2.47. The van der Waals surface area contributed by atoms with Crippen molar-refractivity contribution in [2.24, 2.45) is 0 Å². The van der Waals surface area contributed by atoms with Crippen LogP contribution in [0.3, 0.4) is 0 Å². The van der Waals surface area contributed by atoms with Crippen LogP contribution in [0.5, 0.6) is 5.75 Å². The lowest BCUT2D eigenvalue weighted by atomic mass is 10.2. The number of ether oxygens (including phenoxy) is 1. The van der Waals surface area contributed by atoms with E-state index in [0.717, 1.165) is 5.56 Å². The monoisotopic (exact) mass is 255 g/mol. The van der Waals surface area contributed by atoms with Gasteiger partial charge in [-0.15, -0.1) is 0 Å². The normalized spacial score (nSPS) is 9.74. The zero-order chi connectivity index (χ0) is 13.7. The number of carbonyl (C=O) groups is 2. The van der Waals surface area contributed by atoms with Crippen LogP contribution in [-0.2, 0) is 4.79 Å². The zero-order valence-corrected chi connectivity index (χ0v) is 10.4. The van der Waals surface area contributed by atoms with Gasteiger partial charge >= 0.3 is 5.97 Å². The second-order valence-corrected chi connectivity index (χ2v) is 4.01. The first kappa shape index (κ1) is 12.8. The number of benzene rings is 2. The standard InChI is InChI=1S/C15H13NO3/c1-11-6-8-12(9-7-11)19-15(18)13-4-2-3-5-14(13)16-10-17/h2-10H,1H3,(H,16,17). The van der Waals surface area contributed by atoms with E-state index in [-0.39, 0.29) is 0 Å². The molecule has 0 atom stereocenters. The summed E-state index contributed by atoms with van der Waals surface area (Å²) in [5.41, 5.74) is 1.83. The lowest BCUT2D eigenvalue weighted by molar-refractivity contribution is -0.105. The molecule has 1 amide bonds. The van der Waals surface area contributed by atoms with Crippen molar-refractivity contribution < 1.29 is 14.3 Å². The number of rotatable bonds is 4. The maximum absolute atomic E-state index is 12.0. The molecule has 4 heteroatoms. The van der Waals surface area contributed by atoms with E-state index in [9.17, 15) is 9.59 Å². The van der Waals surface area contributed by atoms with E-state index in [4.69, 9.17) is 4.74 Å². The molecule has 0 aliphatic heterocycles. The number of hydrogen-bond acceptors (Lipinski definition) is 3. The van der Waals surface area contributed by atoms with Gasteiger partial charge in [0.05, 0.1) is 11.3 Å². The highest BCUT2D eigenvalue weighted by Crippen LogP contribution is 2.18. The predicted octanol–water partition coefficient (Wildman–Crippen LogP) is 2.78. The van der Waals surface area contributed by atoms with Crippen molar-refractivity contribution in [2.75, 3.05) is 5.32 Å². The Labute approximate surface area is 111 Å². The summed E-state index contributed by atoms with van der Waals surface area (Å²) in [7, 11) is 0. The molecule has 0 saturated heterocycles. The highest BCUT2D eigenvalue weighted by molar-refractivity contribution is 5.98. The van der Waals surface area contributed by atoms with Gasteiger partial charge < -0.3 is 10.1 Å². The van der Waals surface area contributed by atoms with Crippen molar-refractivity contribution in [3.05, 3.63) is 59.7 Å². The molecule has 2 rings (SSSR count). The largest absolute Gasteiger partial charge is 0.423 e. The Balaban J connectivity index is 2.20. The van der Waals surface area contributed by atoms with Crippen molar-refractivity contribution in [3.63, 3.8) is 0 Å². The summed E-state index contributed by atoms with van der Waals surface area (Å²) in [4.78, 5) is 22.5. The number of amides is 1. The molecule has 4 nitrogen and oxygen atoms in total. The van der Waals surface area contributed by atoms with E-state index >= 15 is 0 Å². The summed E-state index contributed by atoms with van der Waals surface area (Å²) in [6.07, 6.45) is 0.526. The molecular formula is C15H13NO3. The van der Waals surface area contributed by atoms with Crippen LogP contribution < -0.4 is 10.1 Å². The quantitative estimate of drug-likeness (QED) is 0.519. The maximum atomic E-state index is 12.0.